The van der Waals surface area contributed by atoms with Crippen LogP contribution in [0.3, 0.4) is 0 Å². The maximum atomic E-state index is 2.22. The molecule has 1 atom stereocenters. The zero-order valence-corrected chi connectivity index (χ0v) is 8.38. The molecule has 0 spiro atoms. The number of hydrazine groups is 1. The maximum absolute atomic E-state index is 2.22. The van der Waals surface area contributed by atoms with E-state index in [4.69, 9.17) is 0 Å². The molecule has 0 bridgehead atoms. The molecular weight excluding hydrogens is 164 g/mol. The normalized spacial score (nSPS) is 26.8. The van der Waals surface area contributed by atoms with E-state index in [1.807, 2.05) is 0 Å². The summed E-state index contributed by atoms with van der Waals surface area (Å²) in [4.78, 5) is 4.34. The van der Waals surface area contributed by atoms with Gasteiger partial charge in [-0.1, -0.05) is 0 Å². The molecule has 2 rings (SSSR count). The summed E-state index contributed by atoms with van der Waals surface area (Å²) in [6.07, 6.45) is 8.79. The van der Waals surface area contributed by atoms with E-state index in [0.29, 0.717) is 6.17 Å². The maximum Gasteiger partial charge on any atom is 0.117 e. The van der Waals surface area contributed by atoms with E-state index in [0.717, 1.165) is 6.67 Å². The molecule has 72 valence electrons. The SMILES string of the molecule is CC1N(C)C=CN1N1C=CN(C)C1. The van der Waals surface area contributed by atoms with Gasteiger partial charge in [-0.3, -0.25) is 10.0 Å². The Morgan fingerprint density at radius 1 is 1.08 bits per heavy atom. The predicted octanol–water partition coefficient (Wildman–Crippen LogP) is 0.642. The molecule has 0 aromatic rings. The molecule has 4 nitrogen and oxygen atoms in total. The second-order valence-electron chi connectivity index (χ2n) is 3.61. The third-order valence-corrected chi connectivity index (χ3v) is 2.58. The molecule has 13 heavy (non-hydrogen) atoms. The van der Waals surface area contributed by atoms with Crippen LogP contribution in [0.1, 0.15) is 6.92 Å². The van der Waals surface area contributed by atoms with Crippen LogP contribution in [0.4, 0.5) is 0 Å². The Morgan fingerprint density at radius 3 is 2.31 bits per heavy atom. The Hall–Kier alpha value is -1.32. The fourth-order valence-electron chi connectivity index (χ4n) is 1.57. The van der Waals surface area contributed by atoms with Crippen molar-refractivity contribution in [2.45, 2.75) is 13.1 Å². The van der Waals surface area contributed by atoms with Crippen LogP contribution in [0.15, 0.2) is 24.8 Å². The molecule has 2 aliphatic rings. The molecule has 1 unspecified atom stereocenters. The van der Waals surface area contributed by atoms with Gasteiger partial charge in [0, 0.05) is 38.9 Å². The average molecular weight is 180 g/mol. The molecule has 0 amide bonds. The first-order chi connectivity index (χ1) is 6.18. The number of rotatable bonds is 1. The van der Waals surface area contributed by atoms with Gasteiger partial charge in [0.15, 0.2) is 0 Å². The first kappa shape index (κ1) is 8.29. The fourth-order valence-corrected chi connectivity index (χ4v) is 1.57. The molecule has 0 radical (unpaired) electrons. The third-order valence-electron chi connectivity index (χ3n) is 2.58. The summed E-state index contributed by atoms with van der Waals surface area (Å²) in [7, 11) is 4.16. The van der Waals surface area contributed by atoms with E-state index in [-0.39, 0.29) is 0 Å². The van der Waals surface area contributed by atoms with Gasteiger partial charge in [-0.2, -0.15) is 0 Å². The minimum Gasteiger partial charge on any atom is -0.360 e. The molecule has 2 heterocycles. The first-order valence-electron chi connectivity index (χ1n) is 4.52. The molecule has 0 aliphatic carbocycles. The van der Waals surface area contributed by atoms with Crippen molar-refractivity contribution in [2.75, 3.05) is 20.8 Å². The van der Waals surface area contributed by atoms with E-state index in [2.05, 4.69) is 65.6 Å². The predicted molar refractivity (Wildman–Crippen MR) is 51.8 cm³/mol. The average Bonchev–Trinajstić information content (AvgIpc) is 2.62. The lowest BCUT2D eigenvalue weighted by atomic mass is 10.5. The summed E-state index contributed by atoms with van der Waals surface area (Å²) in [6.45, 7) is 3.12. The highest BCUT2D eigenvalue weighted by atomic mass is 15.7. The zero-order chi connectivity index (χ0) is 9.42. The summed E-state index contributed by atoms with van der Waals surface area (Å²) >= 11 is 0. The van der Waals surface area contributed by atoms with E-state index >= 15 is 0 Å². The van der Waals surface area contributed by atoms with E-state index in [1.54, 1.807) is 0 Å². The minimum absolute atomic E-state index is 0.413. The lowest BCUT2D eigenvalue weighted by molar-refractivity contribution is -0.000862. The summed E-state index contributed by atoms with van der Waals surface area (Å²) in [5.74, 6) is 0. The lowest BCUT2D eigenvalue weighted by Crippen LogP contribution is -2.43. The highest BCUT2D eigenvalue weighted by molar-refractivity contribution is 4.97. The topological polar surface area (TPSA) is 13.0 Å². The second kappa shape index (κ2) is 2.87. The Balaban J connectivity index is 2.03. The van der Waals surface area contributed by atoms with Crippen molar-refractivity contribution < 1.29 is 0 Å². The minimum atomic E-state index is 0.413. The number of hydrogen-bond acceptors (Lipinski definition) is 4. The fraction of sp³-hybridized carbons (Fsp3) is 0.556. The van der Waals surface area contributed by atoms with Gasteiger partial charge in [-0.15, -0.1) is 0 Å². The summed E-state index contributed by atoms with van der Waals surface area (Å²) in [6, 6.07) is 0. The van der Waals surface area contributed by atoms with Crippen molar-refractivity contribution in [1.29, 1.82) is 0 Å². The number of nitrogens with zero attached hydrogens (tertiary/aromatic N) is 4. The smallest absolute Gasteiger partial charge is 0.117 e. The second-order valence-corrected chi connectivity index (χ2v) is 3.61. The molecule has 0 saturated carbocycles. The van der Waals surface area contributed by atoms with Crippen LogP contribution in [-0.4, -0.2) is 46.7 Å². The van der Waals surface area contributed by atoms with Crippen molar-refractivity contribution in [3.63, 3.8) is 0 Å². The Bertz CT molecular complexity index is 248. The van der Waals surface area contributed by atoms with Crippen LogP contribution in [-0.2, 0) is 0 Å². The molecular formula is C9H16N4. The van der Waals surface area contributed by atoms with Gasteiger partial charge in [0.25, 0.3) is 0 Å². The number of hydrogen-bond donors (Lipinski definition) is 0. The van der Waals surface area contributed by atoms with Crippen LogP contribution in [0.5, 0.6) is 0 Å². The van der Waals surface area contributed by atoms with Crippen molar-refractivity contribution >= 4 is 0 Å². The van der Waals surface area contributed by atoms with Gasteiger partial charge < -0.3 is 9.80 Å². The highest BCUT2D eigenvalue weighted by Gasteiger charge is 2.24. The molecule has 0 aromatic carbocycles. The quantitative estimate of drug-likeness (QED) is 0.587. The molecule has 0 fully saturated rings. The Kier molecular flexibility index (Phi) is 1.83. The van der Waals surface area contributed by atoms with Crippen molar-refractivity contribution in [2.24, 2.45) is 0 Å². The molecule has 0 saturated heterocycles. The van der Waals surface area contributed by atoms with E-state index < -0.39 is 0 Å². The summed E-state index contributed by atoms with van der Waals surface area (Å²) in [5, 5.41) is 4.42. The van der Waals surface area contributed by atoms with Gasteiger partial charge in [0.05, 0.1) is 0 Å². The first-order valence-corrected chi connectivity index (χ1v) is 4.52. The highest BCUT2D eigenvalue weighted by Crippen LogP contribution is 2.18. The van der Waals surface area contributed by atoms with Gasteiger partial charge in [-0.05, 0) is 6.92 Å². The summed E-state index contributed by atoms with van der Waals surface area (Å²) < 4.78 is 0. The summed E-state index contributed by atoms with van der Waals surface area (Å²) in [5.41, 5.74) is 0. The van der Waals surface area contributed by atoms with Crippen molar-refractivity contribution in [3.05, 3.63) is 24.8 Å². The lowest BCUT2D eigenvalue weighted by Gasteiger charge is -2.34. The standard InChI is InChI=1S/C9H16N4/c1-9-11(3)5-7-13(9)12-6-4-10(2)8-12/h4-7,9H,8H2,1-3H3. The molecule has 0 N–H and O–H groups in total. The van der Waals surface area contributed by atoms with Gasteiger partial charge in [0.1, 0.15) is 12.8 Å². The monoisotopic (exact) mass is 180 g/mol. The van der Waals surface area contributed by atoms with Crippen LogP contribution < -0.4 is 0 Å². The van der Waals surface area contributed by atoms with E-state index in [1.165, 1.54) is 0 Å². The van der Waals surface area contributed by atoms with Gasteiger partial charge in [0.2, 0.25) is 0 Å². The van der Waals surface area contributed by atoms with Gasteiger partial charge >= 0.3 is 0 Å². The molecule has 0 aromatic heterocycles. The third kappa shape index (κ3) is 1.32. The van der Waals surface area contributed by atoms with Crippen LogP contribution >= 0.6 is 0 Å². The van der Waals surface area contributed by atoms with Crippen LogP contribution in [0.25, 0.3) is 0 Å². The molecule has 4 heteroatoms. The largest absolute Gasteiger partial charge is 0.360 e. The van der Waals surface area contributed by atoms with Gasteiger partial charge in [-0.25, -0.2) is 0 Å². The van der Waals surface area contributed by atoms with Crippen molar-refractivity contribution in [1.82, 2.24) is 19.8 Å². The van der Waals surface area contributed by atoms with Crippen molar-refractivity contribution in [3.8, 4) is 0 Å². The van der Waals surface area contributed by atoms with Crippen LogP contribution in [0.2, 0.25) is 0 Å². The van der Waals surface area contributed by atoms with E-state index in [9.17, 15) is 0 Å². The Morgan fingerprint density at radius 2 is 1.85 bits per heavy atom. The molecule has 2 aliphatic heterocycles. The van der Waals surface area contributed by atoms with Crippen LogP contribution in [0, 0.1) is 0 Å². The zero-order valence-electron chi connectivity index (χ0n) is 8.38. The Labute approximate surface area is 79.3 Å².